The maximum absolute atomic E-state index is 11.3. The molecule has 0 aromatic heterocycles. The fourth-order valence-corrected chi connectivity index (χ4v) is 1.97. The van der Waals surface area contributed by atoms with Crippen molar-refractivity contribution in [1.82, 2.24) is 5.32 Å². The van der Waals surface area contributed by atoms with Crippen LogP contribution in [0.2, 0.25) is 0 Å². The van der Waals surface area contributed by atoms with Crippen LogP contribution in [0, 0.1) is 0 Å². The summed E-state index contributed by atoms with van der Waals surface area (Å²) >= 11 is 0. The molecule has 1 heterocycles. The minimum Gasteiger partial charge on any atom is -0.496 e. The van der Waals surface area contributed by atoms with Gasteiger partial charge in [0.25, 0.3) is 0 Å². The first kappa shape index (κ1) is 10.8. The first-order valence-electron chi connectivity index (χ1n) is 5.26. The van der Waals surface area contributed by atoms with E-state index in [0.717, 1.165) is 17.7 Å². The quantitative estimate of drug-likeness (QED) is 0.831. The highest BCUT2D eigenvalue weighted by Crippen LogP contribution is 2.36. The standard InChI is InChI=1S/C12H15NO3/c1-12(7-8-13-11(14)16-12)9-5-3-4-6-10(9)15-2/h3-6H,7-8H2,1-2H3,(H,13,14). The normalized spacial score (nSPS) is 24.5. The minimum absolute atomic E-state index is 0.375. The summed E-state index contributed by atoms with van der Waals surface area (Å²) in [6.45, 7) is 2.52. The zero-order chi connectivity index (χ0) is 11.6. The van der Waals surface area contributed by atoms with Gasteiger partial charge in [0.2, 0.25) is 0 Å². The molecule has 1 N–H and O–H groups in total. The number of carbonyl (C=O) groups excluding carboxylic acids is 1. The van der Waals surface area contributed by atoms with Crippen LogP contribution >= 0.6 is 0 Å². The van der Waals surface area contributed by atoms with E-state index in [4.69, 9.17) is 9.47 Å². The van der Waals surface area contributed by atoms with Gasteiger partial charge in [-0.2, -0.15) is 0 Å². The van der Waals surface area contributed by atoms with E-state index in [1.807, 2.05) is 31.2 Å². The predicted molar refractivity (Wildman–Crippen MR) is 59.4 cm³/mol. The molecular weight excluding hydrogens is 206 g/mol. The molecule has 1 saturated heterocycles. The minimum atomic E-state index is -0.602. The van der Waals surface area contributed by atoms with Crippen LogP contribution in [0.3, 0.4) is 0 Å². The smallest absolute Gasteiger partial charge is 0.408 e. The molecule has 86 valence electrons. The van der Waals surface area contributed by atoms with Crippen LogP contribution in [-0.2, 0) is 10.3 Å². The van der Waals surface area contributed by atoms with Crippen LogP contribution in [0.5, 0.6) is 5.75 Å². The third kappa shape index (κ3) is 1.83. The number of hydrogen-bond acceptors (Lipinski definition) is 3. The summed E-state index contributed by atoms with van der Waals surface area (Å²) < 4.78 is 10.7. The van der Waals surface area contributed by atoms with Gasteiger partial charge in [0, 0.05) is 18.5 Å². The average Bonchev–Trinajstić information content (AvgIpc) is 2.29. The number of cyclic esters (lactones) is 1. The number of amides is 1. The van der Waals surface area contributed by atoms with E-state index in [2.05, 4.69) is 5.32 Å². The first-order valence-corrected chi connectivity index (χ1v) is 5.26. The Bertz CT molecular complexity index is 405. The van der Waals surface area contributed by atoms with Crippen molar-refractivity contribution in [2.75, 3.05) is 13.7 Å². The van der Waals surface area contributed by atoms with Crippen molar-refractivity contribution in [2.45, 2.75) is 18.9 Å². The number of hydrogen-bond donors (Lipinski definition) is 1. The fraction of sp³-hybridized carbons (Fsp3) is 0.417. The molecule has 2 rings (SSSR count). The van der Waals surface area contributed by atoms with Crippen molar-refractivity contribution < 1.29 is 14.3 Å². The molecule has 0 spiro atoms. The lowest BCUT2D eigenvalue weighted by Crippen LogP contribution is -2.43. The predicted octanol–water partition coefficient (Wildman–Crippen LogP) is 2.04. The second kappa shape index (κ2) is 4.04. The molecule has 1 atom stereocenters. The Hall–Kier alpha value is -1.71. The lowest BCUT2D eigenvalue weighted by Gasteiger charge is -2.34. The monoisotopic (exact) mass is 221 g/mol. The Labute approximate surface area is 94.6 Å². The highest BCUT2D eigenvalue weighted by atomic mass is 16.6. The second-order valence-electron chi connectivity index (χ2n) is 4.00. The molecule has 0 saturated carbocycles. The number of methoxy groups -OCH3 is 1. The Kier molecular flexibility index (Phi) is 2.73. The van der Waals surface area contributed by atoms with Crippen LogP contribution in [0.1, 0.15) is 18.9 Å². The molecule has 1 amide bonds. The van der Waals surface area contributed by atoms with E-state index >= 15 is 0 Å². The van der Waals surface area contributed by atoms with Gasteiger partial charge in [-0.1, -0.05) is 18.2 Å². The Morgan fingerprint density at radius 3 is 2.88 bits per heavy atom. The van der Waals surface area contributed by atoms with Gasteiger partial charge in [-0.05, 0) is 13.0 Å². The Morgan fingerprint density at radius 1 is 1.44 bits per heavy atom. The van der Waals surface area contributed by atoms with Gasteiger partial charge < -0.3 is 14.8 Å². The molecule has 4 nitrogen and oxygen atoms in total. The van der Waals surface area contributed by atoms with Gasteiger partial charge in [0.15, 0.2) is 0 Å². The van der Waals surface area contributed by atoms with Crippen molar-refractivity contribution in [2.24, 2.45) is 0 Å². The van der Waals surface area contributed by atoms with Gasteiger partial charge in [-0.3, -0.25) is 0 Å². The molecule has 0 radical (unpaired) electrons. The van der Waals surface area contributed by atoms with Gasteiger partial charge in [-0.15, -0.1) is 0 Å². The van der Waals surface area contributed by atoms with Gasteiger partial charge in [0.05, 0.1) is 7.11 Å². The van der Waals surface area contributed by atoms with E-state index in [0.29, 0.717) is 6.54 Å². The summed E-state index contributed by atoms with van der Waals surface area (Å²) in [6.07, 6.45) is 0.360. The van der Waals surface area contributed by atoms with Crippen molar-refractivity contribution >= 4 is 6.09 Å². The third-order valence-electron chi connectivity index (χ3n) is 2.87. The lowest BCUT2D eigenvalue weighted by atomic mass is 9.90. The highest BCUT2D eigenvalue weighted by molar-refractivity contribution is 5.69. The fourth-order valence-electron chi connectivity index (χ4n) is 1.97. The average molecular weight is 221 g/mol. The Balaban J connectivity index is 2.37. The molecule has 1 aliphatic heterocycles. The molecule has 1 fully saturated rings. The molecule has 4 heteroatoms. The largest absolute Gasteiger partial charge is 0.496 e. The zero-order valence-corrected chi connectivity index (χ0v) is 9.45. The van der Waals surface area contributed by atoms with Crippen molar-refractivity contribution in [3.05, 3.63) is 29.8 Å². The number of para-hydroxylation sites is 1. The summed E-state index contributed by atoms with van der Waals surface area (Å²) in [5.74, 6) is 0.750. The SMILES string of the molecule is COc1ccccc1C1(C)CCNC(=O)O1. The van der Waals surface area contributed by atoms with Crippen molar-refractivity contribution in [3.63, 3.8) is 0 Å². The molecular formula is C12H15NO3. The van der Waals surface area contributed by atoms with Crippen LogP contribution in [0.15, 0.2) is 24.3 Å². The van der Waals surface area contributed by atoms with E-state index in [9.17, 15) is 4.79 Å². The van der Waals surface area contributed by atoms with Crippen molar-refractivity contribution in [3.8, 4) is 5.75 Å². The number of carbonyl (C=O) groups is 1. The molecule has 0 bridgehead atoms. The topological polar surface area (TPSA) is 47.6 Å². The highest BCUT2D eigenvalue weighted by Gasteiger charge is 2.36. The molecule has 16 heavy (non-hydrogen) atoms. The molecule has 1 aromatic carbocycles. The first-order chi connectivity index (χ1) is 7.65. The second-order valence-corrected chi connectivity index (χ2v) is 4.00. The molecule has 0 aliphatic carbocycles. The van der Waals surface area contributed by atoms with Crippen LogP contribution in [0.25, 0.3) is 0 Å². The zero-order valence-electron chi connectivity index (χ0n) is 9.45. The molecule has 1 aromatic rings. The van der Waals surface area contributed by atoms with Crippen LogP contribution < -0.4 is 10.1 Å². The summed E-state index contributed by atoms with van der Waals surface area (Å²) in [7, 11) is 1.62. The number of alkyl carbamates (subject to hydrolysis) is 1. The van der Waals surface area contributed by atoms with Gasteiger partial charge in [0.1, 0.15) is 11.4 Å². The maximum Gasteiger partial charge on any atom is 0.408 e. The van der Waals surface area contributed by atoms with Gasteiger partial charge >= 0.3 is 6.09 Å². The van der Waals surface area contributed by atoms with E-state index in [-0.39, 0.29) is 6.09 Å². The molecule has 1 aliphatic rings. The van der Waals surface area contributed by atoms with Crippen LogP contribution in [0.4, 0.5) is 4.79 Å². The lowest BCUT2D eigenvalue weighted by molar-refractivity contribution is -0.00419. The number of rotatable bonds is 2. The summed E-state index contributed by atoms with van der Waals surface area (Å²) in [4.78, 5) is 11.3. The van der Waals surface area contributed by atoms with Crippen LogP contribution in [-0.4, -0.2) is 19.7 Å². The summed E-state index contributed by atoms with van der Waals surface area (Å²) in [5, 5.41) is 2.64. The van der Waals surface area contributed by atoms with E-state index in [1.54, 1.807) is 7.11 Å². The number of ether oxygens (including phenoxy) is 2. The maximum atomic E-state index is 11.3. The number of benzene rings is 1. The van der Waals surface area contributed by atoms with Crippen molar-refractivity contribution in [1.29, 1.82) is 0 Å². The Morgan fingerprint density at radius 2 is 2.19 bits per heavy atom. The van der Waals surface area contributed by atoms with Gasteiger partial charge in [-0.25, -0.2) is 4.79 Å². The summed E-state index contributed by atoms with van der Waals surface area (Å²) in [6, 6.07) is 7.61. The third-order valence-corrected chi connectivity index (χ3v) is 2.87. The molecule has 1 unspecified atom stereocenters. The van der Waals surface area contributed by atoms with E-state index < -0.39 is 5.60 Å². The summed E-state index contributed by atoms with van der Waals surface area (Å²) in [5.41, 5.74) is 0.307. The van der Waals surface area contributed by atoms with E-state index in [1.165, 1.54) is 0 Å². The number of nitrogens with one attached hydrogen (secondary N) is 1.